The van der Waals surface area contributed by atoms with E-state index in [-0.39, 0.29) is 0 Å². The molecule has 0 amide bonds. The number of piperidine rings is 1. The number of rotatable bonds is 3. The number of hydrogen-bond acceptors (Lipinski definition) is 4. The Hall–Kier alpha value is -0.920. The molecule has 1 aliphatic heterocycles. The Bertz CT molecular complexity index is 380. The number of likely N-dealkylation sites (tertiary alicyclic amines) is 1. The summed E-state index contributed by atoms with van der Waals surface area (Å²) in [6.45, 7) is 5.65. The molecule has 0 spiro atoms. The Morgan fingerprint density at radius 1 is 1.69 bits per heavy atom. The van der Waals surface area contributed by atoms with Gasteiger partial charge in [0.2, 0.25) is 0 Å². The summed E-state index contributed by atoms with van der Waals surface area (Å²) in [6.07, 6.45) is 5.00. The van der Waals surface area contributed by atoms with Crippen LogP contribution in [0.4, 0.5) is 0 Å². The van der Waals surface area contributed by atoms with E-state index in [0.29, 0.717) is 6.42 Å². The maximum absolute atomic E-state index is 8.60. The molecule has 2 rings (SSSR count). The van der Waals surface area contributed by atoms with Crippen molar-refractivity contribution in [2.45, 2.75) is 32.7 Å². The first-order valence-corrected chi connectivity index (χ1v) is 6.62. The first-order valence-electron chi connectivity index (χ1n) is 5.81. The molecule has 0 radical (unpaired) electrons. The second-order valence-electron chi connectivity index (χ2n) is 4.54. The Morgan fingerprint density at radius 2 is 2.56 bits per heavy atom. The molecule has 16 heavy (non-hydrogen) atoms. The molecule has 0 bridgehead atoms. The second-order valence-corrected chi connectivity index (χ2v) is 5.74. The molecule has 1 aromatic rings. The fraction of sp³-hybridized carbons (Fsp3) is 0.667. The molecule has 3 nitrogen and oxygen atoms in total. The van der Waals surface area contributed by atoms with Crippen molar-refractivity contribution >= 4 is 11.3 Å². The van der Waals surface area contributed by atoms with Crippen LogP contribution in [0.1, 0.15) is 29.7 Å². The Morgan fingerprint density at radius 3 is 3.31 bits per heavy atom. The van der Waals surface area contributed by atoms with Crippen molar-refractivity contribution in [1.29, 1.82) is 5.26 Å². The van der Waals surface area contributed by atoms with Gasteiger partial charge in [0, 0.05) is 17.6 Å². The minimum Gasteiger partial charge on any atom is -0.296 e. The maximum atomic E-state index is 8.60. The fourth-order valence-corrected chi connectivity index (χ4v) is 3.10. The van der Waals surface area contributed by atoms with Crippen LogP contribution in [0.25, 0.3) is 0 Å². The highest BCUT2D eigenvalue weighted by Crippen LogP contribution is 2.20. The Kier molecular flexibility index (Phi) is 3.92. The van der Waals surface area contributed by atoms with Crippen LogP contribution in [-0.2, 0) is 13.0 Å². The third-order valence-electron chi connectivity index (χ3n) is 2.95. The molecule has 1 aromatic heterocycles. The maximum Gasteiger partial charge on any atom is 0.107 e. The molecule has 1 unspecified atom stereocenters. The highest BCUT2D eigenvalue weighted by Gasteiger charge is 2.17. The van der Waals surface area contributed by atoms with Crippen LogP contribution in [0, 0.1) is 17.2 Å². The Labute approximate surface area is 101 Å². The molecule has 0 aliphatic carbocycles. The van der Waals surface area contributed by atoms with E-state index in [9.17, 15) is 0 Å². The van der Waals surface area contributed by atoms with E-state index in [1.807, 2.05) is 6.20 Å². The van der Waals surface area contributed by atoms with Crippen LogP contribution in [-0.4, -0.2) is 23.0 Å². The highest BCUT2D eigenvalue weighted by atomic mass is 32.1. The lowest BCUT2D eigenvalue weighted by Gasteiger charge is -2.29. The molecule has 4 heteroatoms. The van der Waals surface area contributed by atoms with Gasteiger partial charge in [-0.1, -0.05) is 6.92 Å². The number of nitrogens with zero attached hydrogens (tertiary/aromatic N) is 3. The molecule has 1 fully saturated rings. The van der Waals surface area contributed by atoms with Gasteiger partial charge in [-0.3, -0.25) is 4.90 Å². The normalized spacial score (nSPS) is 21.9. The molecule has 1 saturated heterocycles. The summed E-state index contributed by atoms with van der Waals surface area (Å²) >= 11 is 1.68. The van der Waals surface area contributed by atoms with Crippen molar-refractivity contribution in [2.24, 2.45) is 5.92 Å². The number of hydrogen-bond donors (Lipinski definition) is 0. The summed E-state index contributed by atoms with van der Waals surface area (Å²) in [6, 6.07) is 2.16. The van der Waals surface area contributed by atoms with E-state index < -0.39 is 0 Å². The quantitative estimate of drug-likeness (QED) is 0.808. The largest absolute Gasteiger partial charge is 0.296 e. The summed E-state index contributed by atoms with van der Waals surface area (Å²) < 4.78 is 0. The number of nitriles is 1. The molecular weight excluding hydrogens is 218 g/mol. The number of aromatic nitrogens is 1. The molecular formula is C12H17N3S. The molecule has 1 atom stereocenters. The van der Waals surface area contributed by atoms with Gasteiger partial charge in [0.05, 0.1) is 19.0 Å². The average Bonchev–Trinajstić information content (AvgIpc) is 2.66. The monoisotopic (exact) mass is 235 g/mol. The van der Waals surface area contributed by atoms with Crippen LogP contribution >= 0.6 is 11.3 Å². The Balaban J connectivity index is 1.90. The van der Waals surface area contributed by atoms with Crippen molar-refractivity contribution in [2.75, 3.05) is 13.1 Å². The van der Waals surface area contributed by atoms with Crippen LogP contribution < -0.4 is 0 Å². The topological polar surface area (TPSA) is 39.9 Å². The molecule has 0 saturated carbocycles. The van der Waals surface area contributed by atoms with E-state index in [0.717, 1.165) is 22.3 Å². The van der Waals surface area contributed by atoms with Gasteiger partial charge < -0.3 is 0 Å². The molecule has 2 heterocycles. The van der Waals surface area contributed by atoms with Crippen molar-refractivity contribution < 1.29 is 0 Å². The van der Waals surface area contributed by atoms with Crippen LogP contribution in [0.3, 0.4) is 0 Å². The lowest BCUT2D eigenvalue weighted by Crippen LogP contribution is -2.33. The zero-order chi connectivity index (χ0) is 11.4. The van der Waals surface area contributed by atoms with Crippen molar-refractivity contribution in [1.82, 2.24) is 9.88 Å². The molecule has 1 aliphatic rings. The zero-order valence-corrected chi connectivity index (χ0v) is 10.5. The smallest absolute Gasteiger partial charge is 0.107 e. The van der Waals surface area contributed by atoms with E-state index in [1.54, 1.807) is 11.3 Å². The predicted octanol–water partition coefficient (Wildman–Crippen LogP) is 2.44. The number of thiazole rings is 1. The van der Waals surface area contributed by atoms with E-state index >= 15 is 0 Å². The van der Waals surface area contributed by atoms with E-state index in [1.165, 1.54) is 25.9 Å². The average molecular weight is 235 g/mol. The lowest BCUT2D eigenvalue weighted by atomic mass is 10.0. The summed E-state index contributed by atoms with van der Waals surface area (Å²) in [4.78, 5) is 7.94. The minimum atomic E-state index is 0.494. The van der Waals surface area contributed by atoms with Gasteiger partial charge in [-0.15, -0.1) is 11.3 Å². The second kappa shape index (κ2) is 5.42. The summed E-state index contributed by atoms with van der Waals surface area (Å²) in [5.74, 6) is 0.812. The lowest BCUT2D eigenvalue weighted by molar-refractivity contribution is 0.176. The van der Waals surface area contributed by atoms with Gasteiger partial charge in [0.25, 0.3) is 0 Å². The zero-order valence-electron chi connectivity index (χ0n) is 9.65. The van der Waals surface area contributed by atoms with Crippen LogP contribution in [0.15, 0.2) is 6.20 Å². The van der Waals surface area contributed by atoms with Gasteiger partial charge in [0.15, 0.2) is 0 Å². The van der Waals surface area contributed by atoms with Crippen molar-refractivity contribution in [3.8, 4) is 6.07 Å². The van der Waals surface area contributed by atoms with Crippen LogP contribution in [0.2, 0.25) is 0 Å². The summed E-state index contributed by atoms with van der Waals surface area (Å²) in [5.41, 5.74) is 0. The first kappa shape index (κ1) is 11.6. The van der Waals surface area contributed by atoms with Crippen molar-refractivity contribution in [3.63, 3.8) is 0 Å². The molecule has 0 N–H and O–H groups in total. The molecule has 86 valence electrons. The van der Waals surface area contributed by atoms with Gasteiger partial charge in [-0.2, -0.15) is 5.26 Å². The van der Waals surface area contributed by atoms with Gasteiger partial charge in [-0.25, -0.2) is 4.98 Å². The predicted molar refractivity (Wildman–Crippen MR) is 65.1 cm³/mol. The SMILES string of the molecule is CC1CCCN(Cc2ncc(CC#N)s2)C1. The minimum absolute atomic E-state index is 0.494. The third kappa shape index (κ3) is 3.03. The van der Waals surface area contributed by atoms with Crippen LogP contribution in [0.5, 0.6) is 0 Å². The summed E-state index contributed by atoms with van der Waals surface area (Å²) in [7, 11) is 0. The highest BCUT2D eigenvalue weighted by molar-refractivity contribution is 7.11. The van der Waals surface area contributed by atoms with Gasteiger partial charge in [0.1, 0.15) is 5.01 Å². The van der Waals surface area contributed by atoms with Gasteiger partial charge in [-0.05, 0) is 25.3 Å². The van der Waals surface area contributed by atoms with E-state index in [4.69, 9.17) is 5.26 Å². The molecule has 0 aromatic carbocycles. The summed E-state index contributed by atoms with van der Waals surface area (Å²) in [5, 5.41) is 9.76. The van der Waals surface area contributed by atoms with Gasteiger partial charge >= 0.3 is 0 Å². The first-order chi connectivity index (χ1) is 7.78. The van der Waals surface area contributed by atoms with Crippen molar-refractivity contribution in [3.05, 3.63) is 16.1 Å². The third-order valence-corrected chi connectivity index (χ3v) is 3.94. The van der Waals surface area contributed by atoms with E-state index in [2.05, 4.69) is 22.9 Å². The fourth-order valence-electron chi connectivity index (χ4n) is 2.20. The standard InChI is InChI=1S/C12H17N3S/c1-10-3-2-6-15(8-10)9-12-14-7-11(16-12)4-5-13/h7,10H,2-4,6,8-9H2,1H3.